The molecular weight excluding hydrogens is 280 g/mol. The molecular formula is C18H32O4. The van der Waals surface area contributed by atoms with E-state index < -0.39 is 5.97 Å². The van der Waals surface area contributed by atoms with Crippen molar-refractivity contribution >= 4 is 5.97 Å². The second-order valence-electron chi connectivity index (χ2n) is 6.86. The largest absolute Gasteiger partial charge is 0.481 e. The molecule has 1 N–H and O–H groups in total. The molecule has 0 aromatic rings. The van der Waals surface area contributed by atoms with E-state index in [4.69, 9.17) is 14.6 Å². The van der Waals surface area contributed by atoms with Crippen molar-refractivity contribution in [2.45, 2.75) is 108 Å². The Bertz CT molecular complexity index is 331. The van der Waals surface area contributed by atoms with Crippen molar-refractivity contribution in [1.82, 2.24) is 0 Å². The lowest BCUT2D eigenvalue weighted by atomic mass is 10.0. The van der Waals surface area contributed by atoms with E-state index in [1.807, 2.05) is 0 Å². The first-order valence-electron chi connectivity index (χ1n) is 9.23. The SMILES string of the molecule is CCCCC[C@@H]1O[C@@H]1C[C@H]1O[C@H]1CCCCCCCC(=O)O. The van der Waals surface area contributed by atoms with Crippen LogP contribution in [0.1, 0.15) is 84.0 Å². The minimum atomic E-state index is -0.676. The molecule has 2 aliphatic rings. The first kappa shape index (κ1) is 17.7. The molecule has 0 saturated carbocycles. The summed E-state index contributed by atoms with van der Waals surface area (Å²) in [6.45, 7) is 2.24. The molecule has 0 amide bonds. The molecule has 0 spiro atoms. The molecule has 0 aromatic carbocycles. The number of aliphatic carboxylic acids is 1. The second-order valence-corrected chi connectivity index (χ2v) is 6.86. The number of hydrogen-bond donors (Lipinski definition) is 1. The lowest BCUT2D eigenvalue weighted by Gasteiger charge is -1.99. The summed E-state index contributed by atoms with van der Waals surface area (Å²) in [5.74, 6) is -0.676. The lowest BCUT2D eigenvalue weighted by Crippen LogP contribution is -2.02. The highest BCUT2D eigenvalue weighted by molar-refractivity contribution is 5.66. The van der Waals surface area contributed by atoms with Gasteiger partial charge in [-0.1, -0.05) is 51.9 Å². The zero-order chi connectivity index (χ0) is 15.8. The molecule has 2 saturated heterocycles. The third kappa shape index (κ3) is 7.10. The van der Waals surface area contributed by atoms with Crippen molar-refractivity contribution < 1.29 is 19.4 Å². The van der Waals surface area contributed by atoms with E-state index in [0.29, 0.717) is 30.8 Å². The van der Waals surface area contributed by atoms with Crippen molar-refractivity contribution in [2.24, 2.45) is 0 Å². The van der Waals surface area contributed by atoms with Gasteiger partial charge in [-0.2, -0.15) is 0 Å². The van der Waals surface area contributed by atoms with Crippen LogP contribution in [-0.2, 0) is 14.3 Å². The van der Waals surface area contributed by atoms with Crippen LogP contribution in [0.5, 0.6) is 0 Å². The first-order valence-corrected chi connectivity index (χ1v) is 9.23. The Kier molecular flexibility index (Phi) is 7.67. The summed E-state index contributed by atoms with van der Waals surface area (Å²) in [6, 6.07) is 0. The Labute approximate surface area is 134 Å². The van der Waals surface area contributed by atoms with Crippen LogP contribution in [0.3, 0.4) is 0 Å². The van der Waals surface area contributed by atoms with Crippen LogP contribution in [0.25, 0.3) is 0 Å². The molecule has 0 aliphatic carbocycles. The highest BCUT2D eigenvalue weighted by Crippen LogP contribution is 2.39. The predicted molar refractivity (Wildman–Crippen MR) is 86.0 cm³/mol. The number of carbonyl (C=O) groups is 1. The Balaban J connectivity index is 1.36. The van der Waals surface area contributed by atoms with Crippen molar-refractivity contribution in [2.75, 3.05) is 0 Å². The number of rotatable bonds is 14. The van der Waals surface area contributed by atoms with Gasteiger partial charge in [-0.05, 0) is 19.3 Å². The summed E-state index contributed by atoms with van der Waals surface area (Å²) in [4.78, 5) is 10.4. The van der Waals surface area contributed by atoms with Gasteiger partial charge < -0.3 is 14.6 Å². The topological polar surface area (TPSA) is 62.4 Å². The highest BCUT2D eigenvalue weighted by Gasteiger charge is 2.47. The standard InChI is InChI=1S/C18H32O4/c1-2-3-7-10-14-16(21-14)13-17-15(22-17)11-8-5-4-6-9-12-18(19)20/h14-17H,2-13H2,1H3,(H,19,20)/t14-,15-,16+,17+/m0/s1. The monoisotopic (exact) mass is 312 g/mol. The van der Waals surface area contributed by atoms with Crippen LogP contribution >= 0.6 is 0 Å². The summed E-state index contributed by atoms with van der Waals surface area (Å²) in [7, 11) is 0. The minimum Gasteiger partial charge on any atom is -0.481 e. The molecule has 4 atom stereocenters. The van der Waals surface area contributed by atoms with Gasteiger partial charge in [-0.25, -0.2) is 0 Å². The van der Waals surface area contributed by atoms with Gasteiger partial charge >= 0.3 is 5.97 Å². The van der Waals surface area contributed by atoms with Gasteiger partial charge in [-0.15, -0.1) is 0 Å². The van der Waals surface area contributed by atoms with E-state index >= 15 is 0 Å². The van der Waals surface area contributed by atoms with Crippen molar-refractivity contribution in [3.8, 4) is 0 Å². The average Bonchev–Trinajstić information content (AvgIpc) is 3.38. The number of epoxide rings is 2. The molecule has 4 heteroatoms. The summed E-state index contributed by atoms with van der Waals surface area (Å²) < 4.78 is 11.5. The van der Waals surface area contributed by atoms with Gasteiger partial charge in [0.15, 0.2) is 0 Å². The van der Waals surface area contributed by atoms with Crippen LogP contribution in [-0.4, -0.2) is 35.5 Å². The third-order valence-electron chi connectivity index (χ3n) is 4.81. The predicted octanol–water partition coefficient (Wildman–Crippen LogP) is 4.31. The van der Waals surface area contributed by atoms with E-state index in [2.05, 4.69) is 6.92 Å². The minimum absolute atomic E-state index is 0.314. The van der Waals surface area contributed by atoms with Gasteiger partial charge in [0.25, 0.3) is 0 Å². The van der Waals surface area contributed by atoms with E-state index in [1.165, 1.54) is 38.5 Å². The number of carboxylic acids is 1. The molecule has 2 rings (SSSR count). The number of unbranched alkanes of at least 4 members (excludes halogenated alkanes) is 6. The summed E-state index contributed by atoms with van der Waals surface area (Å²) >= 11 is 0. The molecule has 2 aliphatic heterocycles. The molecule has 128 valence electrons. The summed E-state index contributed by atoms with van der Waals surface area (Å²) in [6.07, 6.45) is 15.0. The first-order chi connectivity index (χ1) is 10.7. The maximum atomic E-state index is 10.4. The number of carboxylic acid groups (broad SMARTS) is 1. The smallest absolute Gasteiger partial charge is 0.303 e. The maximum absolute atomic E-state index is 10.4. The van der Waals surface area contributed by atoms with Crippen molar-refractivity contribution in [1.29, 1.82) is 0 Å². The third-order valence-corrected chi connectivity index (χ3v) is 4.81. The van der Waals surface area contributed by atoms with Crippen LogP contribution in [0.4, 0.5) is 0 Å². The van der Waals surface area contributed by atoms with Crippen molar-refractivity contribution in [3.63, 3.8) is 0 Å². The van der Waals surface area contributed by atoms with E-state index in [0.717, 1.165) is 32.1 Å². The lowest BCUT2D eigenvalue weighted by molar-refractivity contribution is -0.137. The molecule has 0 bridgehead atoms. The summed E-state index contributed by atoms with van der Waals surface area (Å²) in [5.41, 5.74) is 0. The number of hydrogen-bond acceptors (Lipinski definition) is 3. The number of ether oxygens (including phenoxy) is 2. The fraction of sp³-hybridized carbons (Fsp3) is 0.944. The van der Waals surface area contributed by atoms with E-state index in [-0.39, 0.29) is 0 Å². The Hall–Kier alpha value is -0.610. The molecule has 0 unspecified atom stereocenters. The van der Waals surface area contributed by atoms with Gasteiger partial charge in [-0.3, -0.25) is 4.79 Å². The van der Waals surface area contributed by atoms with E-state index in [1.54, 1.807) is 0 Å². The van der Waals surface area contributed by atoms with Crippen LogP contribution in [0.2, 0.25) is 0 Å². The molecule has 0 aromatic heterocycles. The molecule has 22 heavy (non-hydrogen) atoms. The zero-order valence-electron chi connectivity index (χ0n) is 14.0. The quantitative estimate of drug-likeness (QED) is 0.383. The average molecular weight is 312 g/mol. The van der Waals surface area contributed by atoms with Gasteiger partial charge in [0.05, 0.1) is 24.4 Å². The Morgan fingerprint density at radius 3 is 1.95 bits per heavy atom. The van der Waals surface area contributed by atoms with Crippen LogP contribution < -0.4 is 0 Å². The fourth-order valence-electron chi connectivity index (χ4n) is 3.26. The molecule has 4 nitrogen and oxygen atoms in total. The molecule has 0 radical (unpaired) electrons. The fourth-order valence-corrected chi connectivity index (χ4v) is 3.26. The maximum Gasteiger partial charge on any atom is 0.303 e. The van der Waals surface area contributed by atoms with Crippen molar-refractivity contribution in [3.05, 3.63) is 0 Å². The van der Waals surface area contributed by atoms with Crippen LogP contribution in [0, 0.1) is 0 Å². The van der Waals surface area contributed by atoms with Gasteiger partial charge in [0.1, 0.15) is 0 Å². The molecule has 2 heterocycles. The van der Waals surface area contributed by atoms with Crippen LogP contribution in [0.15, 0.2) is 0 Å². The molecule has 2 fully saturated rings. The summed E-state index contributed by atoms with van der Waals surface area (Å²) in [5, 5.41) is 8.56. The van der Waals surface area contributed by atoms with E-state index in [9.17, 15) is 4.79 Å². The zero-order valence-corrected chi connectivity index (χ0v) is 14.0. The van der Waals surface area contributed by atoms with Gasteiger partial charge in [0.2, 0.25) is 0 Å². The second kappa shape index (κ2) is 9.51. The van der Waals surface area contributed by atoms with Gasteiger partial charge in [0, 0.05) is 12.8 Å². The normalized spacial score (nSPS) is 29.5. The Morgan fingerprint density at radius 1 is 0.818 bits per heavy atom. The highest BCUT2D eigenvalue weighted by atomic mass is 16.6. The Morgan fingerprint density at radius 2 is 1.36 bits per heavy atom.